The molecule has 4 aromatic carbocycles. The van der Waals surface area contributed by atoms with Crippen LogP contribution in [0, 0.1) is 0 Å². The minimum absolute atomic E-state index is 0.0614. The summed E-state index contributed by atoms with van der Waals surface area (Å²) in [6.07, 6.45) is 0.959. The van der Waals surface area contributed by atoms with E-state index < -0.39 is 28.5 Å². The standard InChI is InChI=1S/C35H39N3O5S/c1-4-27(2)36-35(40)33(24-28-15-8-5-9-16-28)37(25-29-17-14-20-31(23-29)43-3)34(39)26-38(30-18-10-6-11-19-30)44(41,42)32-21-12-7-13-22-32/h5-23,27,33H,4,24-26H2,1-3H3,(H,36,40)/t27-,33-/m1/s1. The Morgan fingerprint density at radius 2 is 1.41 bits per heavy atom. The maximum Gasteiger partial charge on any atom is 0.264 e. The molecule has 0 aromatic heterocycles. The number of rotatable bonds is 14. The van der Waals surface area contributed by atoms with Crippen LogP contribution < -0.4 is 14.4 Å². The number of anilines is 1. The number of carbonyl (C=O) groups is 2. The Kier molecular flexibility index (Phi) is 11.2. The quantitative estimate of drug-likeness (QED) is 0.204. The van der Waals surface area contributed by atoms with Gasteiger partial charge in [0.1, 0.15) is 18.3 Å². The number of amides is 2. The Morgan fingerprint density at radius 1 is 0.818 bits per heavy atom. The minimum Gasteiger partial charge on any atom is -0.497 e. The van der Waals surface area contributed by atoms with Gasteiger partial charge in [-0.05, 0) is 60.9 Å². The summed E-state index contributed by atoms with van der Waals surface area (Å²) in [6, 6.07) is 32.3. The predicted molar refractivity (Wildman–Crippen MR) is 173 cm³/mol. The number of methoxy groups -OCH3 is 1. The van der Waals surface area contributed by atoms with Crippen molar-refractivity contribution in [2.24, 2.45) is 0 Å². The number of para-hydroxylation sites is 1. The van der Waals surface area contributed by atoms with E-state index in [1.165, 1.54) is 17.0 Å². The van der Waals surface area contributed by atoms with E-state index in [-0.39, 0.29) is 29.8 Å². The lowest BCUT2D eigenvalue weighted by atomic mass is 10.0. The van der Waals surface area contributed by atoms with Gasteiger partial charge in [0.15, 0.2) is 0 Å². The molecule has 0 aliphatic heterocycles. The number of hydrogen-bond acceptors (Lipinski definition) is 5. The number of hydrogen-bond donors (Lipinski definition) is 1. The lowest BCUT2D eigenvalue weighted by molar-refractivity contribution is -0.140. The number of benzene rings is 4. The van der Waals surface area contributed by atoms with E-state index in [0.717, 1.165) is 15.4 Å². The van der Waals surface area contributed by atoms with Crippen molar-refractivity contribution in [1.82, 2.24) is 10.2 Å². The van der Waals surface area contributed by atoms with Gasteiger partial charge in [0.25, 0.3) is 10.0 Å². The highest BCUT2D eigenvalue weighted by Crippen LogP contribution is 2.25. The van der Waals surface area contributed by atoms with Crippen LogP contribution in [0.5, 0.6) is 5.75 Å². The van der Waals surface area contributed by atoms with Gasteiger partial charge in [-0.15, -0.1) is 0 Å². The Hall–Kier alpha value is -4.63. The molecule has 44 heavy (non-hydrogen) atoms. The van der Waals surface area contributed by atoms with Crippen molar-refractivity contribution < 1.29 is 22.7 Å². The highest BCUT2D eigenvalue weighted by atomic mass is 32.2. The first-order valence-electron chi connectivity index (χ1n) is 14.6. The third-order valence-corrected chi connectivity index (χ3v) is 9.20. The lowest BCUT2D eigenvalue weighted by Crippen LogP contribution is -2.54. The molecule has 2 atom stereocenters. The van der Waals surface area contributed by atoms with Gasteiger partial charge in [-0.2, -0.15) is 0 Å². The van der Waals surface area contributed by atoms with E-state index in [0.29, 0.717) is 17.9 Å². The van der Waals surface area contributed by atoms with E-state index in [1.807, 2.05) is 62.4 Å². The summed E-state index contributed by atoms with van der Waals surface area (Å²) < 4.78 is 34.5. The largest absolute Gasteiger partial charge is 0.497 e. The molecule has 0 spiro atoms. The molecule has 0 bridgehead atoms. The fourth-order valence-corrected chi connectivity index (χ4v) is 6.24. The van der Waals surface area contributed by atoms with E-state index in [2.05, 4.69) is 5.32 Å². The number of nitrogens with one attached hydrogen (secondary N) is 1. The van der Waals surface area contributed by atoms with Crippen LogP contribution in [0.1, 0.15) is 31.4 Å². The van der Waals surface area contributed by atoms with Gasteiger partial charge in [0, 0.05) is 19.0 Å². The topological polar surface area (TPSA) is 96.0 Å². The third kappa shape index (κ3) is 8.26. The van der Waals surface area contributed by atoms with Gasteiger partial charge in [-0.3, -0.25) is 13.9 Å². The van der Waals surface area contributed by atoms with Gasteiger partial charge in [0.05, 0.1) is 17.7 Å². The Balaban J connectivity index is 1.79. The first kappa shape index (κ1) is 32.3. The summed E-state index contributed by atoms with van der Waals surface area (Å²) in [6.45, 7) is 3.44. The van der Waals surface area contributed by atoms with Crippen molar-refractivity contribution >= 4 is 27.5 Å². The molecule has 8 nitrogen and oxygen atoms in total. The van der Waals surface area contributed by atoms with Gasteiger partial charge < -0.3 is 15.0 Å². The predicted octanol–water partition coefficient (Wildman–Crippen LogP) is 5.45. The first-order chi connectivity index (χ1) is 21.2. The molecular formula is C35H39N3O5S. The molecule has 1 N–H and O–H groups in total. The van der Waals surface area contributed by atoms with Gasteiger partial charge in [-0.25, -0.2) is 8.42 Å². The van der Waals surface area contributed by atoms with E-state index in [4.69, 9.17) is 4.74 Å². The Bertz CT molecular complexity index is 1620. The van der Waals surface area contributed by atoms with E-state index in [9.17, 15) is 18.0 Å². The molecule has 0 heterocycles. The van der Waals surface area contributed by atoms with Crippen molar-refractivity contribution in [2.45, 2.75) is 50.2 Å². The summed E-state index contributed by atoms with van der Waals surface area (Å²) in [5, 5.41) is 3.05. The maximum atomic E-state index is 14.5. The van der Waals surface area contributed by atoms with Crippen LogP contribution in [0.25, 0.3) is 0 Å². The molecule has 0 fully saturated rings. The van der Waals surface area contributed by atoms with Gasteiger partial charge in [-0.1, -0.05) is 85.8 Å². The second kappa shape index (κ2) is 15.2. The van der Waals surface area contributed by atoms with Crippen LogP contribution in [-0.2, 0) is 32.6 Å². The Morgan fingerprint density at radius 3 is 2.02 bits per heavy atom. The van der Waals surface area contributed by atoms with Crippen LogP contribution in [0.15, 0.2) is 120 Å². The molecular weight excluding hydrogens is 574 g/mol. The summed E-state index contributed by atoms with van der Waals surface area (Å²) >= 11 is 0. The second-order valence-electron chi connectivity index (χ2n) is 10.6. The zero-order valence-electron chi connectivity index (χ0n) is 25.3. The van der Waals surface area contributed by atoms with Crippen molar-refractivity contribution in [3.8, 4) is 5.75 Å². The smallest absolute Gasteiger partial charge is 0.264 e. The molecule has 0 saturated heterocycles. The summed E-state index contributed by atoms with van der Waals surface area (Å²) in [7, 11) is -2.57. The van der Waals surface area contributed by atoms with Crippen LogP contribution >= 0.6 is 0 Å². The molecule has 2 amide bonds. The van der Waals surface area contributed by atoms with E-state index in [1.54, 1.807) is 61.7 Å². The lowest BCUT2D eigenvalue weighted by Gasteiger charge is -2.34. The zero-order chi connectivity index (χ0) is 31.5. The van der Waals surface area contributed by atoms with Gasteiger partial charge in [0.2, 0.25) is 11.8 Å². The molecule has 4 aromatic rings. The Labute approximate surface area is 260 Å². The van der Waals surface area contributed by atoms with Crippen molar-refractivity contribution in [1.29, 1.82) is 0 Å². The van der Waals surface area contributed by atoms with Gasteiger partial charge >= 0.3 is 0 Å². The van der Waals surface area contributed by atoms with Crippen molar-refractivity contribution in [2.75, 3.05) is 18.0 Å². The summed E-state index contributed by atoms with van der Waals surface area (Å²) in [5.41, 5.74) is 1.95. The molecule has 4 rings (SSSR count). The van der Waals surface area contributed by atoms with E-state index >= 15 is 0 Å². The zero-order valence-corrected chi connectivity index (χ0v) is 26.1. The van der Waals surface area contributed by atoms with Crippen LogP contribution in [0.2, 0.25) is 0 Å². The first-order valence-corrected chi connectivity index (χ1v) is 16.1. The highest BCUT2D eigenvalue weighted by Gasteiger charge is 2.35. The average Bonchev–Trinajstić information content (AvgIpc) is 3.06. The second-order valence-corrected chi connectivity index (χ2v) is 12.4. The maximum absolute atomic E-state index is 14.5. The fourth-order valence-electron chi connectivity index (χ4n) is 4.81. The number of sulfonamides is 1. The third-order valence-electron chi connectivity index (χ3n) is 7.41. The number of carbonyl (C=O) groups excluding carboxylic acids is 2. The SMILES string of the molecule is CC[C@@H](C)NC(=O)[C@@H](Cc1ccccc1)N(Cc1cccc(OC)c1)C(=O)CN(c1ccccc1)S(=O)(=O)c1ccccc1. The summed E-state index contributed by atoms with van der Waals surface area (Å²) in [5.74, 6) is -0.218. The summed E-state index contributed by atoms with van der Waals surface area (Å²) in [4.78, 5) is 29.9. The van der Waals surface area contributed by atoms with Crippen LogP contribution in [0.3, 0.4) is 0 Å². The van der Waals surface area contributed by atoms with Crippen molar-refractivity contribution in [3.05, 3.63) is 126 Å². The molecule has 0 saturated carbocycles. The van der Waals surface area contributed by atoms with Crippen molar-refractivity contribution in [3.63, 3.8) is 0 Å². The number of nitrogens with zero attached hydrogens (tertiary/aromatic N) is 2. The fraction of sp³-hybridized carbons (Fsp3) is 0.257. The van der Waals surface area contributed by atoms with Crippen LogP contribution in [0.4, 0.5) is 5.69 Å². The molecule has 9 heteroatoms. The molecule has 230 valence electrons. The number of ether oxygens (including phenoxy) is 1. The average molecular weight is 614 g/mol. The van der Waals surface area contributed by atoms with Crippen LogP contribution in [-0.4, -0.2) is 50.9 Å². The molecule has 0 aliphatic carbocycles. The monoisotopic (exact) mass is 613 g/mol. The normalized spacial score (nSPS) is 12.5. The highest BCUT2D eigenvalue weighted by molar-refractivity contribution is 7.92. The molecule has 0 aliphatic rings. The molecule has 0 unspecified atom stereocenters. The molecule has 0 radical (unpaired) electrons. The minimum atomic E-state index is -4.13.